The van der Waals surface area contributed by atoms with Crippen LogP contribution in [0.1, 0.15) is 36.2 Å². The summed E-state index contributed by atoms with van der Waals surface area (Å²) in [5, 5.41) is 2.27. The van der Waals surface area contributed by atoms with Crippen molar-refractivity contribution in [2.75, 3.05) is 11.9 Å². The topological polar surface area (TPSA) is 81.7 Å². The van der Waals surface area contributed by atoms with Crippen LogP contribution in [0.15, 0.2) is 47.4 Å². The number of nitrogens with one attached hydrogen (secondary N) is 1. The van der Waals surface area contributed by atoms with E-state index in [9.17, 15) is 14.4 Å². The van der Waals surface area contributed by atoms with Gasteiger partial charge in [0.1, 0.15) is 12.4 Å². The maximum absolute atomic E-state index is 12.3. The number of rotatable bonds is 7. The molecule has 7 heteroatoms. The third kappa shape index (κ3) is 4.72. The summed E-state index contributed by atoms with van der Waals surface area (Å²) in [4.78, 5) is 37.1. The summed E-state index contributed by atoms with van der Waals surface area (Å²) in [6.07, 6.45) is -0.0405. The number of Topliss-reactive ketones (excluding diaryl/α,β-unsaturated/α-hetero) is 1. The molecule has 0 fully saturated rings. The summed E-state index contributed by atoms with van der Waals surface area (Å²) in [5.74, 6) is -0.208. The third-order valence-electron chi connectivity index (χ3n) is 4.21. The van der Waals surface area contributed by atoms with Gasteiger partial charge in [0.2, 0.25) is 5.91 Å². The summed E-state index contributed by atoms with van der Waals surface area (Å²) in [5.41, 5.74) is 1.90. The van der Waals surface area contributed by atoms with E-state index < -0.39 is 11.2 Å². The smallest absolute Gasteiger partial charge is 0.307 e. The molecule has 1 amide bonds. The van der Waals surface area contributed by atoms with E-state index in [4.69, 9.17) is 9.47 Å². The number of anilines is 1. The number of fused-ring (bicyclic) bond motifs is 1. The molecule has 0 saturated heterocycles. The number of hydrogen-bond acceptors (Lipinski definition) is 6. The van der Waals surface area contributed by atoms with Crippen molar-refractivity contribution in [1.82, 2.24) is 0 Å². The van der Waals surface area contributed by atoms with Crippen molar-refractivity contribution < 1.29 is 23.9 Å². The number of para-hydroxylation sites is 1. The third-order valence-corrected chi connectivity index (χ3v) is 5.49. The summed E-state index contributed by atoms with van der Waals surface area (Å²) in [6.45, 7) is 3.76. The lowest BCUT2D eigenvalue weighted by Crippen LogP contribution is -2.31. The maximum atomic E-state index is 12.3. The Balaban J connectivity index is 1.64. The predicted molar refractivity (Wildman–Crippen MR) is 107 cm³/mol. The second-order valence-electron chi connectivity index (χ2n) is 6.27. The molecule has 0 aliphatic carbocycles. The Bertz CT molecular complexity index is 911. The molecule has 2 aromatic rings. The first-order valence-corrected chi connectivity index (χ1v) is 9.84. The van der Waals surface area contributed by atoms with Gasteiger partial charge < -0.3 is 14.8 Å². The molecule has 2 aromatic carbocycles. The van der Waals surface area contributed by atoms with Gasteiger partial charge in [-0.2, -0.15) is 0 Å². The van der Waals surface area contributed by atoms with Crippen molar-refractivity contribution in [3.8, 4) is 5.75 Å². The quantitative estimate of drug-likeness (QED) is 0.563. The molecule has 0 radical (unpaired) electrons. The molecule has 1 aliphatic heterocycles. The van der Waals surface area contributed by atoms with Crippen molar-refractivity contribution in [1.29, 1.82) is 0 Å². The van der Waals surface area contributed by atoms with Crippen LogP contribution < -0.4 is 10.1 Å². The Kier molecular flexibility index (Phi) is 6.36. The Labute approximate surface area is 167 Å². The van der Waals surface area contributed by atoms with Crippen LogP contribution in [0.5, 0.6) is 5.75 Å². The van der Waals surface area contributed by atoms with Crippen LogP contribution in [0.4, 0.5) is 5.69 Å². The number of ketones is 1. The zero-order valence-corrected chi connectivity index (χ0v) is 16.5. The minimum atomic E-state index is -0.544. The van der Waals surface area contributed by atoms with Gasteiger partial charge in [-0.05, 0) is 44.2 Å². The summed E-state index contributed by atoms with van der Waals surface area (Å²) in [6, 6.07) is 12.5. The summed E-state index contributed by atoms with van der Waals surface area (Å²) >= 11 is 1.35. The molecule has 1 atom stereocenters. The van der Waals surface area contributed by atoms with Crippen molar-refractivity contribution in [3.05, 3.63) is 53.6 Å². The average molecular weight is 399 g/mol. The van der Waals surface area contributed by atoms with E-state index in [0.29, 0.717) is 23.5 Å². The summed E-state index contributed by atoms with van der Waals surface area (Å²) in [7, 11) is 0. The van der Waals surface area contributed by atoms with Gasteiger partial charge in [0.25, 0.3) is 0 Å². The minimum Gasteiger partial charge on any atom is -0.493 e. The Morgan fingerprint density at radius 1 is 1.18 bits per heavy atom. The fraction of sp³-hybridized carbons (Fsp3) is 0.286. The normalized spacial score (nSPS) is 15.4. The van der Waals surface area contributed by atoms with Crippen LogP contribution in [0.25, 0.3) is 0 Å². The molecule has 28 heavy (non-hydrogen) atoms. The fourth-order valence-electron chi connectivity index (χ4n) is 2.80. The van der Waals surface area contributed by atoms with Crippen molar-refractivity contribution in [2.45, 2.75) is 37.0 Å². The van der Waals surface area contributed by atoms with Crippen LogP contribution in [0.2, 0.25) is 0 Å². The summed E-state index contributed by atoms with van der Waals surface area (Å²) < 4.78 is 10.9. The molecule has 6 nitrogen and oxygen atoms in total. The number of ether oxygens (including phenoxy) is 2. The van der Waals surface area contributed by atoms with E-state index in [1.165, 1.54) is 18.7 Å². The first-order valence-electron chi connectivity index (χ1n) is 8.96. The molecular weight excluding hydrogens is 378 g/mol. The van der Waals surface area contributed by atoms with Crippen molar-refractivity contribution in [3.63, 3.8) is 0 Å². The number of carbonyl (C=O) groups excluding carboxylic acids is 3. The Morgan fingerprint density at radius 2 is 1.96 bits per heavy atom. The van der Waals surface area contributed by atoms with Gasteiger partial charge in [-0.3, -0.25) is 14.4 Å². The lowest BCUT2D eigenvalue weighted by molar-refractivity contribution is -0.145. The highest BCUT2D eigenvalue weighted by Crippen LogP contribution is 2.36. The van der Waals surface area contributed by atoms with E-state index >= 15 is 0 Å². The highest BCUT2D eigenvalue weighted by atomic mass is 32.2. The van der Waals surface area contributed by atoms with E-state index in [0.717, 1.165) is 10.6 Å². The molecule has 1 heterocycles. The van der Waals surface area contributed by atoms with E-state index in [1.807, 2.05) is 31.2 Å². The molecule has 1 N–H and O–H groups in total. The molecule has 0 bridgehead atoms. The van der Waals surface area contributed by atoms with Crippen molar-refractivity contribution in [2.24, 2.45) is 0 Å². The predicted octanol–water partition coefficient (Wildman–Crippen LogP) is 3.83. The molecule has 3 rings (SSSR count). The van der Waals surface area contributed by atoms with Gasteiger partial charge in [-0.25, -0.2) is 0 Å². The van der Waals surface area contributed by atoms with Gasteiger partial charge in [0, 0.05) is 16.0 Å². The highest BCUT2D eigenvalue weighted by Gasteiger charge is 2.29. The molecule has 0 unspecified atom stereocenters. The van der Waals surface area contributed by atoms with Gasteiger partial charge in [0.15, 0.2) is 5.78 Å². The Morgan fingerprint density at radius 3 is 2.71 bits per heavy atom. The van der Waals surface area contributed by atoms with Crippen LogP contribution in [-0.4, -0.2) is 29.5 Å². The monoisotopic (exact) mass is 399 g/mol. The van der Waals surface area contributed by atoms with Crippen LogP contribution in [0, 0.1) is 0 Å². The molecule has 0 spiro atoms. The van der Waals surface area contributed by atoms with Crippen LogP contribution in [0.3, 0.4) is 0 Å². The molecule has 1 aliphatic rings. The molecular formula is C21H21NO5S. The maximum Gasteiger partial charge on any atom is 0.307 e. The zero-order chi connectivity index (χ0) is 20.1. The average Bonchev–Trinajstić information content (AvgIpc) is 2.68. The first-order chi connectivity index (χ1) is 13.5. The number of benzene rings is 2. The number of esters is 1. The van der Waals surface area contributed by atoms with Gasteiger partial charge in [0.05, 0.1) is 24.0 Å². The fourth-order valence-corrected chi connectivity index (χ4v) is 3.90. The van der Waals surface area contributed by atoms with Gasteiger partial charge >= 0.3 is 5.97 Å². The van der Waals surface area contributed by atoms with Gasteiger partial charge in [-0.15, -0.1) is 11.8 Å². The second kappa shape index (κ2) is 8.93. The number of thioether (sulfide) groups is 1. The zero-order valence-electron chi connectivity index (χ0n) is 15.7. The largest absolute Gasteiger partial charge is 0.493 e. The first kappa shape index (κ1) is 19.9. The van der Waals surface area contributed by atoms with Gasteiger partial charge in [-0.1, -0.05) is 12.1 Å². The number of amides is 1. The lowest BCUT2D eigenvalue weighted by Gasteiger charge is -2.23. The second-order valence-corrected chi connectivity index (χ2v) is 7.51. The molecule has 0 aromatic heterocycles. The van der Waals surface area contributed by atoms with E-state index in [1.54, 1.807) is 18.2 Å². The van der Waals surface area contributed by atoms with Crippen molar-refractivity contribution >= 4 is 35.1 Å². The standard InChI is InChI=1S/C21H21NO5S/c1-3-26-17-9-8-14(13(2)23)10-15(17)12-27-20(24)11-19-21(25)22-16-6-4-5-7-18(16)28-19/h4-10,19H,3,11-12H2,1-2H3,(H,22,25)/t19-/m0/s1. The van der Waals surface area contributed by atoms with Crippen LogP contribution >= 0.6 is 11.8 Å². The lowest BCUT2D eigenvalue weighted by atomic mass is 10.1. The number of carbonyl (C=O) groups is 3. The molecule has 146 valence electrons. The number of hydrogen-bond donors (Lipinski definition) is 1. The highest BCUT2D eigenvalue weighted by molar-refractivity contribution is 8.01. The molecule has 0 saturated carbocycles. The van der Waals surface area contributed by atoms with E-state index in [2.05, 4.69) is 5.32 Å². The SMILES string of the molecule is CCOc1ccc(C(C)=O)cc1COC(=O)C[C@@H]1Sc2ccccc2NC1=O. The van der Waals surface area contributed by atoms with E-state index in [-0.39, 0.29) is 24.7 Å². The van der Waals surface area contributed by atoms with Crippen LogP contribution in [-0.2, 0) is 20.9 Å². The Hall–Kier alpha value is -2.80. The minimum absolute atomic E-state index is 0.0229.